The van der Waals surface area contributed by atoms with E-state index in [0.29, 0.717) is 26.3 Å². The van der Waals surface area contributed by atoms with E-state index < -0.39 is 5.38 Å². The summed E-state index contributed by atoms with van der Waals surface area (Å²) in [5.74, 6) is -0.302. The van der Waals surface area contributed by atoms with Crippen molar-refractivity contribution in [3.8, 4) is 0 Å². The smallest absolute Gasteiger partial charge is 0.246 e. The lowest BCUT2D eigenvalue weighted by Crippen LogP contribution is -2.44. The van der Waals surface area contributed by atoms with Gasteiger partial charge in [0.05, 0.1) is 18.2 Å². The first-order valence-corrected chi connectivity index (χ1v) is 5.82. The second kappa shape index (κ2) is 6.16. The normalized spacial score (nSPS) is 18.5. The van der Waals surface area contributed by atoms with E-state index in [0.717, 1.165) is 0 Å². The molecule has 1 aliphatic heterocycles. The number of morpholine rings is 1. The second-order valence-electron chi connectivity index (χ2n) is 2.91. The molecule has 3 nitrogen and oxygen atoms in total. The summed E-state index contributed by atoms with van der Waals surface area (Å²) in [6.07, 6.45) is 0. The van der Waals surface area contributed by atoms with Gasteiger partial charge in [-0.15, -0.1) is 11.6 Å². The summed E-state index contributed by atoms with van der Waals surface area (Å²) in [5, 5.41) is -1.06. The molecule has 0 aromatic carbocycles. The first kappa shape index (κ1) is 13.4. The molecule has 1 rings (SSSR count). The molecular formula is C8H9Cl4NO2. The molecule has 7 heteroatoms. The van der Waals surface area contributed by atoms with Crippen molar-refractivity contribution >= 4 is 52.3 Å². The van der Waals surface area contributed by atoms with Crippen LogP contribution in [0, 0.1) is 0 Å². The van der Waals surface area contributed by atoms with Gasteiger partial charge in [-0.1, -0.05) is 34.8 Å². The summed E-state index contributed by atoms with van der Waals surface area (Å²) in [5.41, 5.74) is 0. The Bertz CT molecular complexity index is 272. The monoisotopic (exact) mass is 291 g/mol. The fourth-order valence-corrected chi connectivity index (χ4v) is 1.82. The number of carbonyl (C=O) groups excluding carboxylic acids is 1. The number of ether oxygens (including phenoxy) is 1. The molecule has 0 saturated carbocycles. The highest BCUT2D eigenvalue weighted by molar-refractivity contribution is 6.61. The molecule has 0 bridgehead atoms. The molecule has 0 spiro atoms. The van der Waals surface area contributed by atoms with Crippen molar-refractivity contribution in [2.24, 2.45) is 0 Å². The Kier molecular flexibility index (Phi) is 5.50. The summed E-state index contributed by atoms with van der Waals surface area (Å²) in [6.45, 7) is 2.02. The highest BCUT2D eigenvalue weighted by Gasteiger charge is 2.27. The van der Waals surface area contributed by atoms with Crippen LogP contribution in [0.3, 0.4) is 0 Å². The lowest BCUT2D eigenvalue weighted by Gasteiger charge is -2.28. The van der Waals surface area contributed by atoms with Crippen molar-refractivity contribution < 1.29 is 9.53 Å². The average molecular weight is 293 g/mol. The Morgan fingerprint density at radius 1 is 1.20 bits per heavy atom. The van der Waals surface area contributed by atoms with Crippen molar-refractivity contribution in [3.05, 3.63) is 9.52 Å². The lowest BCUT2D eigenvalue weighted by molar-refractivity contribution is -0.134. The molecule has 0 N–H and O–H groups in total. The molecule has 1 fully saturated rings. The first-order valence-electron chi connectivity index (χ1n) is 4.25. The zero-order chi connectivity index (χ0) is 11.4. The number of rotatable bonds is 2. The van der Waals surface area contributed by atoms with E-state index >= 15 is 0 Å². The zero-order valence-electron chi connectivity index (χ0n) is 7.68. The van der Waals surface area contributed by atoms with Crippen LogP contribution < -0.4 is 0 Å². The van der Waals surface area contributed by atoms with E-state index in [1.807, 2.05) is 0 Å². The van der Waals surface area contributed by atoms with Gasteiger partial charge in [0.15, 0.2) is 5.38 Å². The number of hydrogen-bond donors (Lipinski definition) is 0. The van der Waals surface area contributed by atoms with Crippen LogP contribution in [0.4, 0.5) is 0 Å². The molecule has 0 aliphatic carbocycles. The quantitative estimate of drug-likeness (QED) is 0.731. The SMILES string of the molecule is O=C(C(Cl)C(Cl)=C(Cl)Cl)N1CCOCC1. The molecule has 0 aromatic heterocycles. The highest BCUT2D eigenvalue weighted by Crippen LogP contribution is 2.26. The van der Waals surface area contributed by atoms with Gasteiger partial charge >= 0.3 is 0 Å². The predicted octanol–water partition coefficient (Wildman–Crippen LogP) is 2.34. The molecule has 0 radical (unpaired) electrons. The molecule has 1 aliphatic rings. The van der Waals surface area contributed by atoms with Gasteiger partial charge in [-0.05, 0) is 0 Å². The fourth-order valence-electron chi connectivity index (χ4n) is 1.15. The van der Waals surface area contributed by atoms with Crippen LogP contribution >= 0.6 is 46.4 Å². The highest BCUT2D eigenvalue weighted by atomic mass is 35.5. The standard InChI is InChI=1S/C8H9Cl4NO2/c9-5(7(11)12)6(10)8(14)13-1-3-15-4-2-13/h6H,1-4H2. The van der Waals surface area contributed by atoms with Crippen LogP contribution in [0.5, 0.6) is 0 Å². The number of halogens is 4. The van der Waals surface area contributed by atoms with Crippen LogP contribution in [-0.2, 0) is 9.53 Å². The van der Waals surface area contributed by atoms with Gasteiger partial charge in [-0.2, -0.15) is 0 Å². The average Bonchev–Trinajstić information content (AvgIpc) is 2.27. The third kappa shape index (κ3) is 3.68. The largest absolute Gasteiger partial charge is 0.378 e. The minimum Gasteiger partial charge on any atom is -0.378 e. The molecular weight excluding hydrogens is 284 g/mol. The van der Waals surface area contributed by atoms with Gasteiger partial charge in [0.1, 0.15) is 4.49 Å². The Morgan fingerprint density at radius 2 is 1.73 bits per heavy atom. The van der Waals surface area contributed by atoms with Gasteiger partial charge in [-0.3, -0.25) is 4.79 Å². The molecule has 1 atom stereocenters. The van der Waals surface area contributed by atoms with Crippen molar-refractivity contribution in [2.75, 3.05) is 26.3 Å². The van der Waals surface area contributed by atoms with Crippen LogP contribution in [0.15, 0.2) is 9.52 Å². The third-order valence-electron chi connectivity index (χ3n) is 1.94. The zero-order valence-corrected chi connectivity index (χ0v) is 10.7. The molecule has 86 valence electrons. The van der Waals surface area contributed by atoms with Crippen molar-refractivity contribution in [1.82, 2.24) is 4.90 Å². The van der Waals surface area contributed by atoms with E-state index in [9.17, 15) is 4.79 Å². The fraction of sp³-hybridized carbons (Fsp3) is 0.625. The number of hydrogen-bond acceptors (Lipinski definition) is 2. The van der Waals surface area contributed by atoms with E-state index in [4.69, 9.17) is 51.1 Å². The predicted molar refractivity (Wildman–Crippen MR) is 61.6 cm³/mol. The number of nitrogens with zero attached hydrogens (tertiary/aromatic N) is 1. The summed E-state index contributed by atoms with van der Waals surface area (Å²) in [4.78, 5) is 13.3. The summed E-state index contributed by atoms with van der Waals surface area (Å²) in [7, 11) is 0. The van der Waals surface area contributed by atoms with Gasteiger partial charge in [0, 0.05) is 13.1 Å². The Morgan fingerprint density at radius 3 is 2.20 bits per heavy atom. The number of amides is 1. The van der Waals surface area contributed by atoms with E-state index in [1.165, 1.54) is 0 Å². The maximum atomic E-state index is 11.7. The Hall–Kier alpha value is 0.330. The van der Waals surface area contributed by atoms with Gasteiger partial charge in [0.2, 0.25) is 5.91 Å². The summed E-state index contributed by atoms with van der Waals surface area (Å²) < 4.78 is 4.92. The van der Waals surface area contributed by atoms with Crippen LogP contribution in [-0.4, -0.2) is 42.5 Å². The summed E-state index contributed by atoms with van der Waals surface area (Å²) >= 11 is 22.4. The Labute approximate surface area is 108 Å². The first-order chi connectivity index (χ1) is 7.04. The van der Waals surface area contributed by atoms with Gasteiger partial charge in [0.25, 0.3) is 0 Å². The van der Waals surface area contributed by atoms with E-state index in [-0.39, 0.29) is 15.4 Å². The van der Waals surface area contributed by atoms with Gasteiger partial charge in [-0.25, -0.2) is 0 Å². The lowest BCUT2D eigenvalue weighted by atomic mass is 10.3. The third-order valence-corrected chi connectivity index (χ3v) is 3.47. The van der Waals surface area contributed by atoms with E-state index in [2.05, 4.69) is 0 Å². The van der Waals surface area contributed by atoms with Gasteiger partial charge < -0.3 is 9.64 Å². The van der Waals surface area contributed by atoms with E-state index in [1.54, 1.807) is 4.90 Å². The number of alkyl halides is 1. The maximum Gasteiger partial charge on any atom is 0.246 e. The minimum atomic E-state index is -1.02. The van der Waals surface area contributed by atoms with Crippen LogP contribution in [0.25, 0.3) is 0 Å². The van der Waals surface area contributed by atoms with Crippen molar-refractivity contribution in [1.29, 1.82) is 0 Å². The summed E-state index contributed by atoms with van der Waals surface area (Å²) in [6, 6.07) is 0. The molecule has 1 amide bonds. The molecule has 15 heavy (non-hydrogen) atoms. The topological polar surface area (TPSA) is 29.5 Å². The Balaban J connectivity index is 2.63. The number of carbonyl (C=O) groups is 1. The molecule has 1 saturated heterocycles. The minimum absolute atomic E-state index is 0.0449. The van der Waals surface area contributed by atoms with Crippen LogP contribution in [0.2, 0.25) is 0 Å². The molecule has 0 aromatic rings. The molecule has 1 heterocycles. The van der Waals surface area contributed by atoms with Crippen molar-refractivity contribution in [3.63, 3.8) is 0 Å². The van der Waals surface area contributed by atoms with Crippen LogP contribution in [0.1, 0.15) is 0 Å². The molecule has 1 unspecified atom stereocenters. The maximum absolute atomic E-state index is 11.7. The van der Waals surface area contributed by atoms with Crippen molar-refractivity contribution in [2.45, 2.75) is 5.38 Å². The second-order valence-corrected chi connectivity index (χ2v) is 4.70.